The molecule has 2 aromatic rings. The molecule has 2 heterocycles. The number of ether oxygens (including phenoxy) is 2. The summed E-state index contributed by atoms with van der Waals surface area (Å²) in [7, 11) is 3.94. The monoisotopic (exact) mass is 368 g/mol. The van der Waals surface area contributed by atoms with Gasteiger partial charge in [0.05, 0.1) is 5.60 Å². The highest BCUT2D eigenvalue weighted by Gasteiger charge is 2.36. The first-order valence-electron chi connectivity index (χ1n) is 9.15. The molecule has 0 atom stereocenters. The quantitative estimate of drug-likeness (QED) is 0.902. The molecular formula is C21H24N2O4. The maximum absolute atomic E-state index is 12.8. The second-order valence-corrected chi connectivity index (χ2v) is 7.33. The summed E-state index contributed by atoms with van der Waals surface area (Å²) in [5.74, 6) is 1.38. The Morgan fingerprint density at radius 3 is 2.37 bits per heavy atom. The lowest BCUT2D eigenvalue weighted by Crippen LogP contribution is -2.45. The summed E-state index contributed by atoms with van der Waals surface area (Å²) in [5, 5.41) is 11.1. The van der Waals surface area contributed by atoms with E-state index in [1.54, 1.807) is 0 Å². The van der Waals surface area contributed by atoms with E-state index < -0.39 is 5.60 Å². The zero-order valence-electron chi connectivity index (χ0n) is 15.6. The van der Waals surface area contributed by atoms with Gasteiger partial charge < -0.3 is 24.4 Å². The van der Waals surface area contributed by atoms with Crippen LogP contribution in [0.5, 0.6) is 11.5 Å². The first-order chi connectivity index (χ1) is 13.0. The van der Waals surface area contributed by atoms with Crippen molar-refractivity contribution in [3.63, 3.8) is 0 Å². The number of carbonyl (C=O) groups excluding carboxylic acids is 1. The zero-order valence-corrected chi connectivity index (χ0v) is 15.6. The Labute approximate surface area is 158 Å². The van der Waals surface area contributed by atoms with Gasteiger partial charge in [0.2, 0.25) is 6.79 Å². The number of benzene rings is 2. The highest BCUT2D eigenvalue weighted by molar-refractivity contribution is 5.94. The molecular weight excluding hydrogens is 344 g/mol. The van der Waals surface area contributed by atoms with Gasteiger partial charge in [-0.1, -0.05) is 6.07 Å². The van der Waals surface area contributed by atoms with E-state index in [4.69, 9.17) is 9.47 Å². The number of hydrogen-bond donors (Lipinski definition) is 1. The smallest absolute Gasteiger partial charge is 0.253 e. The van der Waals surface area contributed by atoms with E-state index in [1.165, 1.54) is 0 Å². The van der Waals surface area contributed by atoms with Crippen LogP contribution >= 0.6 is 0 Å². The van der Waals surface area contributed by atoms with Crippen LogP contribution in [0.3, 0.4) is 0 Å². The molecule has 6 nitrogen and oxygen atoms in total. The molecule has 0 radical (unpaired) electrons. The van der Waals surface area contributed by atoms with Crippen LogP contribution in [0.25, 0.3) is 0 Å². The molecule has 4 rings (SSSR count). The molecule has 1 amide bonds. The SMILES string of the molecule is CN(C)c1ccc(C(=O)N2CCC(O)(c3ccc4c(c3)OCO4)CC2)cc1. The third kappa shape index (κ3) is 3.32. The van der Waals surface area contributed by atoms with Crippen LogP contribution in [0.4, 0.5) is 5.69 Å². The molecule has 0 aliphatic carbocycles. The number of carbonyl (C=O) groups is 1. The number of aliphatic hydroxyl groups is 1. The molecule has 1 fully saturated rings. The zero-order chi connectivity index (χ0) is 19.0. The van der Waals surface area contributed by atoms with Gasteiger partial charge in [0.25, 0.3) is 5.91 Å². The number of nitrogens with zero attached hydrogens (tertiary/aromatic N) is 2. The fourth-order valence-corrected chi connectivity index (χ4v) is 3.64. The topological polar surface area (TPSA) is 62.2 Å². The van der Waals surface area contributed by atoms with Crippen LogP contribution in [0, 0.1) is 0 Å². The Morgan fingerprint density at radius 2 is 1.70 bits per heavy atom. The minimum atomic E-state index is -0.952. The number of fused-ring (bicyclic) bond motifs is 1. The third-order valence-corrected chi connectivity index (χ3v) is 5.42. The van der Waals surface area contributed by atoms with Gasteiger partial charge in [0, 0.05) is 38.4 Å². The number of likely N-dealkylation sites (tertiary alicyclic amines) is 1. The Hall–Kier alpha value is -2.73. The number of hydrogen-bond acceptors (Lipinski definition) is 5. The molecule has 0 aromatic heterocycles. The highest BCUT2D eigenvalue weighted by Crippen LogP contribution is 2.39. The summed E-state index contributed by atoms with van der Waals surface area (Å²) in [6.45, 7) is 1.24. The third-order valence-electron chi connectivity index (χ3n) is 5.42. The summed E-state index contributed by atoms with van der Waals surface area (Å²) >= 11 is 0. The van der Waals surface area contributed by atoms with Gasteiger partial charge in [-0.25, -0.2) is 0 Å². The minimum absolute atomic E-state index is 0.00745. The van der Waals surface area contributed by atoms with Crippen molar-refractivity contribution < 1.29 is 19.4 Å². The minimum Gasteiger partial charge on any atom is -0.454 e. The van der Waals surface area contributed by atoms with Crippen LogP contribution in [0.15, 0.2) is 42.5 Å². The summed E-state index contributed by atoms with van der Waals surface area (Å²) < 4.78 is 10.8. The predicted molar refractivity (Wildman–Crippen MR) is 102 cm³/mol. The molecule has 6 heteroatoms. The van der Waals surface area contributed by atoms with Crippen LogP contribution in [-0.4, -0.2) is 49.9 Å². The molecule has 2 aliphatic rings. The normalized spacial score (nSPS) is 17.7. The summed E-state index contributed by atoms with van der Waals surface area (Å²) in [4.78, 5) is 16.6. The van der Waals surface area contributed by atoms with Crippen LogP contribution in [-0.2, 0) is 5.60 Å². The molecule has 0 saturated carbocycles. The van der Waals surface area contributed by atoms with Crippen molar-refractivity contribution in [1.82, 2.24) is 4.90 Å². The van der Waals surface area contributed by atoms with Crippen molar-refractivity contribution in [2.24, 2.45) is 0 Å². The molecule has 1 saturated heterocycles. The van der Waals surface area contributed by atoms with E-state index in [0.29, 0.717) is 43.0 Å². The molecule has 1 N–H and O–H groups in total. The maximum Gasteiger partial charge on any atom is 0.253 e. The summed E-state index contributed by atoms with van der Waals surface area (Å²) in [6, 6.07) is 13.2. The lowest BCUT2D eigenvalue weighted by Gasteiger charge is -2.38. The van der Waals surface area contributed by atoms with E-state index in [1.807, 2.05) is 66.4 Å². The molecule has 2 aromatic carbocycles. The van der Waals surface area contributed by atoms with Crippen molar-refractivity contribution in [2.75, 3.05) is 38.9 Å². The van der Waals surface area contributed by atoms with Gasteiger partial charge in [-0.15, -0.1) is 0 Å². The Kier molecular flexibility index (Phi) is 4.44. The predicted octanol–water partition coefficient (Wildman–Crippen LogP) is 2.61. The number of piperidine rings is 1. The second-order valence-electron chi connectivity index (χ2n) is 7.33. The van der Waals surface area contributed by atoms with Gasteiger partial charge in [0.1, 0.15) is 0 Å². The van der Waals surface area contributed by atoms with Crippen molar-refractivity contribution in [2.45, 2.75) is 18.4 Å². The second kappa shape index (κ2) is 6.78. The van der Waals surface area contributed by atoms with Crippen LogP contribution in [0.2, 0.25) is 0 Å². The number of anilines is 1. The van der Waals surface area contributed by atoms with Crippen molar-refractivity contribution >= 4 is 11.6 Å². The van der Waals surface area contributed by atoms with Crippen molar-refractivity contribution in [1.29, 1.82) is 0 Å². The van der Waals surface area contributed by atoms with Gasteiger partial charge >= 0.3 is 0 Å². The molecule has 27 heavy (non-hydrogen) atoms. The average Bonchev–Trinajstić information content (AvgIpc) is 3.16. The first kappa shape index (κ1) is 17.7. The standard InChI is InChI=1S/C21H24N2O4/c1-22(2)17-6-3-15(4-7-17)20(24)23-11-9-21(25,10-12-23)16-5-8-18-19(13-16)27-14-26-18/h3-8,13,25H,9-12,14H2,1-2H3. The molecule has 2 aliphatic heterocycles. The van der Waals surface area contributed by atoms with E-state index >= 15 is 0 Å². The van der Waals surface area contributed by atoms with Gasteiger partial charge in [-0.05, 0) is 54.8 Å². The van der Waals surface area contributed by atoms with E-state index in [0.717, 1.165) is 11.3 Å². The molecule has 142 valence electrons. The van der Waals surface area contributed by atoms with Crippen LogP contribution < -0.4 is 14.4 Å². The fraction of sp³-hybridized carbons (Fsp3) is 0.381. The van der Waals surface area contributed by atoms with Gasteiger partial charge in [-0.3, -0.25) is 4.79 Å². The van der Waals surface area contributed by atoms with E-state index in [9.17, 15) is 9.90 Å². The average molecular weight is 368 g/mol. The number of amides is 1. The fourth-order valence-electron chi connectivity index (χ4n) is 3.64. The molecule has 0 unspecified atom stereocenters. The number of rotatable bonds is 3. The first-order valence-corrected chi connectivity index (χ1v) is 9.15. The Morgan fingerprint density at radius 1 is 1.04 bits per heavy atom. The van der Waals surface area contributed by atoms with E-state index in [2.05, 4.69) is 0 Å². The Bertz CT molecular complexity index is 840. The van der Waals surface area contributed by atoms with Crippen LogP contribution in [0.1, 0.15) is 28.8 Å². The molecule has 0 spiro atoms. The largest absolute Gasteiger partial charge is 0.454 e. The maximum atomic E-state index is 12.8. The van der Waals surface area contributed by atoms with Gasteiger partial charge in [-0.2, -0.15) is 0 Å². The Balaban J connectivity index is 1.44. The summed E-state index contributed by atoms with van der Waals surface area (Å²) in [5.41, 5.74) is 1.60. The lowest BCUT2D eigenvalue weighted by atomic mass is 9.84. The van der Waals surface area contributed by atoms with E-state index in [-0.39, 0.29) is 12.7 Å². The van der Waals surface area contributed by atoms with Gasteiger partial charge in [0.15, 0.2) is 11.5 Å². The van der Waals surface area contributed by atoms with Crippen molar-refractivity contribution in [3.05, 3.63) is 53.6 Å². The highest BCUT2D eigenvalue weighted by atomic mass is 16.7. The molecule has 0 bridgehead atoms. The summed E-state index contributed by atoms with van der Waals surface area (Å²) in [6.07, 6.45) is 0.988. The lowest BCUT2D eigenvalue weighted by molar-refractivity contribution is -0.0212. The van der Waals surface area contributed by atoms with Crippen molar-refractivity contribution in [3.8, 4) is 11.5 Å².